The van der Waals surface area contributed by atoms with Crippen LogP contribution in [0.4, 0.5) is 29.1 Å². The minimum Gasteiger partial charge on any atom is -0.461 e. The van der Waals surface area contributed by atoms with Crippen LogP contribution < -0.4 is 21.1 Å². The number of nitrogens with two attached hydrogens (primary N) is 2. The summed E-state index contributed by atoms with van der Waals surface area (Å²) in [5.74, 6) is -0.00832. The lowest BCUT2D eigenvalue weighted by Crippen LogP contribution is -2.43. The predicted molar refractivity (Wildman–Crippen MR) is 177 cm³/mol. The van der Waals surface area contributed by atoms with E-state index in [2.05, 4.69) is 9.89 Å². The molecular formula is C33H39ClF4N8O3. The first-order valence-corrected chi connectivity index (χ1v) is 16.5. The van der Waals surface area contributed by atoms with E-state index in [0.29, 0.717) is 67.2 Å². The maximum absolute atomic E-state index is 14.1. The van der Waals surface area contributed by atoms with Gasteiger partial charge < -0.3 is 30.7 Å². The van der Waals surface area contributed by atoms with Crippen LogP contribution in [0.5, 0.6) is 6.01 Å². The highest BCUT2D eigenvalue weighted by Gasteiger charge is 2.47. The summed E-state index contributed by atoms with van der Waals surface area (Å²) in [7, 11) is 3.13. The van der Waals surface area contributed by atoms with E-state index in [9.17, 15) is 22.4 Å². The summed E-state index contributed by atoms with van der Waals surface area (Å²) < 4.78 is 68.1. The fraction of sp³-hybridized carbons (Fsp3) is 0.515. The van der Waals surface area contributed by atoms with Crippen LogP contribution in [-0.2, 0) is 28.7 Å². The van der Waals surface area contributed by atoms with Gasteiger partial charge in [-0.1, -0.05) is 11.6 Å². The first kappa shape index (κ1) is 34.9. The molecule has 0 bridgehead atoms. The summed E-state index contributed by atoms with van der Waals surface area (Å²) in [6, 6.07) is 3.50. The molecule has 0 unspecified atom stereocenters. The van der Waals surface area contributed by atoms with Crippen LogP contribution in [0.2, 0.25) is 0 Å². The Hall–Kier alpha value is -3.95. The lowest BCUT2D eigenvalue weighted by Gasteiger charge is -2.33. The normalized spacial score (nSPS) is 24.2. The Morgan fingerprint density at radius 1 is 1.22 bits per heavy atom. The maximum atomic E-state index is 14.1. The van der Waals surface area contributed by atoms with Crippen molar-refractivity contribution >= 4 is 34.7 Å². The van der Waals surface area contributed by atoms with Crippen molar-refractivity contribution in [3.05, 3.63) is 63.2 Å². The van der Waals surface area contributed by atoms with Crippen LogP contribution >= 0.6 is 11.6 Å². The third-order valence-electron chi connectivity index (χ3n) is 9.56. The van der Waals surface area contributed by atoms with Gasteiger partial charge in [0.2, 0.25) is 0 Å². The van der Waals surface area contributed by atoms with Gasteiger partial charge in [0.05, 0.1) is 53.1 Å². The summed E-state index contributed by atoms with van der Waals surface area (Å²) in [5.41, 5.74) is 12.9. The number of ether oxygens (including phenoxy) is 2. The lowest BCUT2D eigenvalue weighted by molar-refractivity contribution is -0.139. The van der Waals surface area contributed by atoms with Crippen molar-refractivity contribution in [3.63, 3.8) is 0 Å². The Kier molecular flexibility index (Phi) is 9.79. The average molecular weight is 707 g/mol. The van der Waals surface area contributed by atoms with Crippen LogP contribution in [0.15, 0.2) is 45.8 Å². The maximum Gasteiger partial charge on any atom is 0.416 e. The fourth-order valence-corrected chi connectivity index (χ4v) is 7.31. The largest absolute Gasteiger partial charge is 0.461 e. The number of likely N-dealkylation sites (N-methyl/N-ethyl adjacent to an activating group) is 1. The van der Waals surface area contributed by atoms with Crippen molar-refractivity contribution in [2.24, 2.45) is 10.7 Å². The van der Waals surface area contributed by atoms with Gasteiger partial charge in [-0.3, -0.25) is 14.7 Å². The molecule has 1 amide bonds. The monoisotopic (exact) mass is 706 g/mol. The van der Waals surface area contributed by atoms with E-state index in [1.54, 1.807) is 14.1 Å². The van der Waals surface area contributed by atoms with Gasteiger partial charge >= 0.3 is 12.2 Å². The Bertz CT molecular complexity index is 1720. The van der Waals surface area contributed by atoms with Crippen LogP contribution in [0.25, 0.3) is 0 Å². The number of rotatable bonds is 7. The highest BCUT2D eigenvalue weighted by atomic mass is 35.5. The lowest BCUT2D eigenvalue weighted by atomic mass is 9.94. The van der Waals surface area contributed by atoms with Crippen molar-refractivity contribution in [3.8, 4) is 6.01 Å². The predicted octanol–water partition coefficient (Wildman–Crippen LogP) is 4.51. The van der Waals surface area contributed by atoms with E-state index in [-0.39, 0.29) is 54.2 Å². The number of anilines is 2. The van der Waals surface area contributed by atoms with Crippen molar-refractivity contribution in [2.45, 2.75) is 56.5 Å². The van der Waals surface area contributed by atoms with Crippen LogP contribution in [-0.4, -0.2) is 90.4 Å². The third-order valence-corrected chi connectivity index (χ3v) is 9.98. The van der Waals surface area contributed by atoms with E-state index >= 15 is 0 Å². The Labute approximate surface area is 286 Å². The zero-order valence-electron chi connectivity index (χ0n) is 27.3. The number of carbonyl (C=O) groups excluding carboxylic acids is 1. The van der Waals surface area contributed by atoms with Gasteiger partial charge in [0.1, 0.15) is 18.1 Å². The highest BCUT2D eigenvalue weighted by molar-refractivity contribution is 6.45. The number of halogens is 5. The van der Waals surface area contributed by atoms with Crippen molar-refractivity contribution in [1.29, 1.82) is 0 Å². The molecule has 0 spiro atoms. The van der Waals surface area contributed by atoms with E-state index in [4.69, 9.17) is 42.5 Å². The standard InChI is InChI=1S/C33H39ClF4N8O3/c1-44(2)30(47)28(40)27(34)25-16-45(9-4-8-41-25)29-22-17-48-26(21-11-20(39)5-6-23(21)33(36,37)38)12-24(22)42-31(43-29)49-18-32-7-3-10-46(32)15-19(13-32)14-35/h5-6,11,14,26H,3-4,7-10,12-13,15-18,39-40H2,1-2H3/b19-14-,28-27+/t26-,32-/m0/s1. The summed E-state index contributed by atoms with van der Waals surface area (Å²) in [6.45, 7) is 2.52. The smallest absolute Gasteiger partial charge is 0.416 e. The van der Waals surface area contributed by atoms with E-state index < -0.39 is 29.3 Å². The molecule has 0 saturated carbocycles. The molecule has 49 heavy (non-hydrogen) atoms. The molecule has 4 N–H and O–H groups in total. The van der Waals surface area contributed by atoms with Gasteiger partial charge in [-0.05, 0) is 61.6 Å². The molecule has 1 aromatic heterocycles. The minimum atomic E-state index is -4.62. The summed E-state index contributed by atoms with van der Waals surface area (Å²) in [4.78, 5) is 32.2. The summed E-state index contributed by atoms with van der Waals surface area (Å²) in [5, 5.41) is 0.0287. The zero-order valence-corrected chi connectivity index (χ0v) is 28.1. The second-order valence-electron chi connectivity index (χ2n) is 13.1. The first-order valence-electron chi connectivity index (χ1n) is 16.1. The molecule has 2 saturated heterocycles. The number of carbonyl (C=O) groups is 1. The molecule has 1 aromatic carbocycles. The zero-order chi connectivity index (χ0) is 35.1. The number of aromatic nitrogens is 2. The summed E-state index contributed by atoms with van der Waals surface area (Å²) >= 11 is 6.63. The molecule has 0 radical (unpaired) electrons. The van der Waals surface area contributed by atoms with E-state index in [0.717, 1.165) is 25.5 Å². The molecule has 2 atom stereocenters. The molecule has 4 aliphatic rings. The second-order valence-corrected chi connectivity index (χ2v) is 13.5. The summed E-state index contributed by atoms with van der Waals surface area (Å²) in [6.07, 6.45) is -2.05. The number of nitrogen functional groups attached to an aromatic ring is 1. The van der Waals surface area contributed by atoms with Crippen LogP contribution in [0.1, 0.15) is 54.2 Å². The average Bonchev–Trinajstić information content (AvgIpc) is 3.52. The van der Waals surface area contributed by atoms with Gasteiger partial charge in [0, 0.05) is 51.4 Å². The van der Waals surface area contributed by atoms with Gasteiger partial charge in [-0.15, -0.1) is 0 Å². The number of hydrogen-bond acceptors (Lipinski definition) is 10. The van der Waals surface area contributed by atoms with Crippen molar-refractivity contribution in [1.82, 2.24) is 19.8 Å². The van der Waals surface area contributed by atoms with Crippen molar-refractivity contribution < 1.29 is 31.8 Å². The molecule has 16 heteroatoms. The van der Waals surface area contributed by atoms with E-state index in [1.807, 2.05) is 4.90 Å². The number of hydrogen-bond donors (Lipinski definition) is 2. The molecule has 6 rings (SSSR count). The van der Waals surface area contributed by atoms with E-state index in [1.165, 1.54) is 17.0 Å². The van der Waals surface area contributed by atoms with Gasteiger partial charge in [-0.25, -0.2) is 4.39 Å². The Morgan fingerprint density at radius 3 is 2.76 bits per heavy atom. The SMILES string of the molecule is CN(C)C(=O)/C(N)=C(\Cl)C1=NCCCN(c2nc(OC[C@@]34CCCN3C/C(=C\F)C4)nc3c2CO[C@H](c2cc(N)ccc2C(F)(F)F)C3)C1. The number of aliphatic imine (C=N–C) groups is 1. The number of benzene rings is 1. The second kappa shape index (κ2) is 13.8. The van der Waals surface area contributed by atoms with Crippen LogP contribution in [0, 0.1) is 0 Å². The Morgan fingerprint density at radius 2 is 2.02 bits per heavy atom. The first-order chi connectivity index (χ1) is 23.3. The molecular weight excluding hydrogens is 668 g/mol. The van der Waals surface area contributed by atoms with Gasteiger partial charge in [-0.2, -0.15) is 23.1 Å². The minimum absolute atomic E-state index is 0.000514. The number of nitrogens with zero attached hydrogens (tertiary/aromatic N) is 6. The molecule has 264 valence electrons. The number of alkyl halides is 3. The molecule has 5 heterocycles. The number of fused-ring (bicyclic) bond motifs is 2. The molecule has 2 fully saturated rings. The topological polar surface area (TPSA) is 135 Å². The van der Waals surface area contributed by atoms with Crippen LogP contribution in [0.3, 0.4) is 0 Å². The van der Waals surface area contributed by atoms with Gasteiger partial charge in [0.25, 0.3) is 5.91 Å². The molecule has 4 aliphatic heterocycles. The quantitative estimate of drug-likeness (QED) is 0.242. The molecule has 0 aliphatic carbocycles. The van der Waals surface area contributed by atoms with Gasteiger partial charge in [0.15, 0.2) is 0 Å². The van der Waals surface area contributed by atoms with Crippen molar-refractivity contribution in [2.75, 3.05) is 64.1 Å². The molecule has 11 nitrogen and oxygen atoms in total. The Balaban J connectivity index is 1.37. The third kappa shape index (κ3) is 7.06. The highest BCUT2D eigenvalue weighted by Crippen LogP contribution is 2.43. The molecule has 2 aromatic rings. The number of amides is 1. The fourth-order valence-electron chi connectivity index (χ4n) is 7.11.